The molecule has 1 heteroatoms. The first-order chi connectivity index (χ1) is 19.4. The number of rotatable bonds is 4. The Morgan fingerprint density at radius 1 is 0.512 bits per heavy atom. The molecule has 4 saturated carbocycles. The highest BCUT2D eigenvalue weighted by atomic mass is 28.3. The van der Waals surface area contributed by atoms with Crippen molar-refractivity contribution in [2.45, 2.75) is 143 Å². The van der Waals surface area contributed by atoms with E-state index < -0.39 is 8.07 Å². The van der Waals surface area contributed by atoms with Crippen LogP contribution in [-0.2, 0) is 0 Å². The molecule has 0 aromatic heterocycles. The maximum atomic E-state index is 2.90. The highest BCUT2D eigenvalue weighted by Crippen LogP contribution is 2.67. The first-order valence-electron chi connectivity index (χ1n) is 17.6. The molecule has 0 bridgehead atoms. The molecule has 224 valence electrons. The summed E-state index contributed by atoms with van der Waals surface area (Å²) in [5.74, 6) is 7.19. The van der Waals surface area contributed by atoms with Crippen LogP contribution in [0.15, 0.2) is 24.3 Å². The summed E-state index contributed by atoms with van der Waals surface area (Å²) in [5.41, 5.74) is 14.7. The van der Waals surface area contributed by atoms with Crippen molar-refractivity contribution in [2.75, 3.05) is 0 Å². The van der Waals surface area contributed by atoms with E-state index >= 15 is 0 Å². The van der Waals surface area contributed by atoms with Crippen LogP contribution < -0.4 is 0 Å². The van der Waals surface area contributed by atoms with Gasteiger partial charge < -0.3 is 0 Å². The van der Waals surface area contributed by atoms with E-state index in [0.717, 1.165) is 58.4 Å². The average Bonchev–Trinajstić information content (AvgIpc) is 3.40. The standard InChI is InChI=1S/C40H60Si/c1-23-17-25(3)37(26(4)18-23)31-13-11-15-33-35(31)21-29(7)39(33)41(9,10)40-30(8)22-36-32(14-12-16-34(36)40)38-27(5)19-24(2)20-28(38)6/h17-20,29-36,39-40H,11-16,21-22H2,1-10H3. The summed E-state index contributed by atoms with van der Waals surface area (Å²) in [6.07, 6.45) is 11.8. The van der Waals surface area contributed by atoms with Crippen LogP contribution in [0.5, 0.6) is 0 Å². The topological polar surface area (TPSA) is 0 Å². The van der Waals surface area contributed by atoms with E-state index in [1.54, 1.807) is 33.4 Å². The number of benzene rings is 2. The summed E-state index contributed by atoms with van der Waals surface area (Å²) >= 11 is 0. The van der Waals surface area contributed by atoms with Crippen LogP contribution in [0.25, 0.3) is 0 Å². The van der Waals surface area contributed by atoms with E-state index in [-0.39, 0.29) is 0 Å². The summed E-state index contributed by atoms with van der Waals surface area (Å²) < 4.78 is 0. The zero-order chi connectivity index (χ0) is 29.4. The zero-order valence-corrected chi connectivity index (χ0v) is 29.2. The van der Waals surface area contributed by atoms with Gasteiger partial charge in [0.1, 0.15) is 0 Å². The minimum Gasteiger partial charge on any atom is -0.0689 e. The Morgan fingerprint density at radius 2 is 0.854 bits per heavy atom. The second-order valence-electron chi connectivity index (χ2n) is 16.7. The Bertz CT molecular complexity index is 1140. The molecule has 0 saturated heterocycles. The molecule has 0 nitrogen and oxygen atoms in total. The predicted molar refractivity (Wildman–Crippen MR) is 181 cm³/mol. The van der Waals surface area contributed by atoms with Crippen LogP contribution in [0.3, 0.4) is 0 Å². The van der Waals surface area contributed by atoms with Crippen molar-refractivity contribution in [3.63, 3.8) is 0 Å². The molecule has 4 fully saturated rings. The molecule has 2 aromatic rings. The van der Waals surface area contributed by atoms with Crippen LogP contribution >= 0.6 is 0 Å². The van der Waals surface area contributed by atoms with Gasteiger partial charge in [-0.2, -0.15) is 0 Å². The van der Waals surface area contributed by atoms with Gasteiger partial charge in [0.2, 0.25) is 0 Å². The Labute approximate surface area is 254 Å². The largest absolute Gasteiger partial charge is 0.0689 e. The fourth-order valence-corrected chi connectivity index (χ4v) is 19.9. The number of hydrogen-bond acceptors (Lipinski definition) is 0. The van der Waals surface area contributed by atoms with Crippen LogP contribution in [-0.4, -0.2) is 8.07 Å². The van der Waals surface area contributed by atoms with E-state index in [1.165, 1.54) is 62.5 Å². The first-order valence-corrected chi connectivity index (χ1v) is 20.7. The third-order valence-corrected chi connectivity index (χ3v) is 19.0. The maximum absolute atomic E-state index is 2.90. The van der Waals surface area contributed by atoms with Crippen molar-refractivity contribution in [3.8, 4) is 0 Å². The zero-order valence-electron chi connectivity index (χ0n) is 28.2. The molecule has 0 heterocycles. The van der Waals surface area contributed by atoms with Crippen molar-refractivity contribution >= 4 is 8.07 Å². The van der Waals surface area contributed by atoms with Crippen molar-refractivity contribution in [2.24, 2.45) is 35.5 Å². The van der Waals surface area contributed by atoms with E-state index in [1.807, 2.05) is 0 Å². The lowest BCUT2D eigenvalue weighted by molar-refractivity contribution is 0.225. The molecule has 0 N–H and O–H groups in total. The van der Waals surface area contributed by atoms with Crippen LogP contribution in [0, 0.1) is 77.0 Å². The monoisotopic (exact) mass is 568 g/mol. The SMILES string of the molecule is Cc1cc(C)c(C2CCCC3C2CC(C)C3[Si](C)(C)C2C(C)CC3C(c4c(C)cc(C)cc4C)CCCC32)c(C)c1. The molecule has 41 heavy (non-hydrogen) atoms. The van der Waals surface area contributed by atoms with Crippen LogP contribution in [0.2, 0.25) is 24.2 Å². The van der Waals surface area contributed by atoms with E-state index in [0.29, 0.717) is 0 Å². The second-order valence-corrected chi connectivity index (χ2v) is 21.6. The van der Waals surface area contributed by atoms with Gasteiger partial charge in [0.15, 0.2) is 0 Å². The van der Waals surface area contributed by atoms with Gasteiger partial charge in [-0.25, -0.2) is 0 Å². The molecule has 4 aliphatic carbocycles. The van der Waals surface area contributed by atoms with Crippen molar-refractivity contribution in [3.05, 3.63) is 68.8 Å². The van der Waals surface area contributed by atoms with Gasteiger partial charge in [0, 0.05) is 0 Å². The first kappa shape index (κ1) is 29.7. The van der Waals surface area contributed by atoms with E-state index in [9.17, 15) is 0 Å². The second kappa shape index (κ2) is 11.0. The van der Waals surface area contributed by atoms with Gasteiger partial charge in [-0.05, 0) is 159 Å². The minimum atomic E-state index is -1.51. The number of hydrogen-bond donors (Lipinski definition) is 0. The lowest BCUT2D eigenvalue weighted by Crippen LogP contribution is -2.47. The molecule has 0 amide bonds. The number of aryl methyl sites for hydroxylation is 6. The minimum absolute atomic E-state index is 0.798. The fraction of sp³-hybridized carbons (Fsp3) is 0.700. The fourth-order valence-electron chi connectivity index (χ4n) is 13.2. The third-order valence-electron chi connectivity index (χ3n) is 13.6. The van der Waals surface area contributed by atoms with Crippen LogP contribution in [0.1, 0.15) is 122 Å². The van der Waals surface area contributed by atoms with E-state index in [2.05, 4.69) is 92.7 Å². The molecule has 0 aliphatic heterocycles. The molecule has 6 rings (SSSR count). The lowest BCUT2D eigenvalue weighted by atomic mass is 9.69. The summed E-state index contributed by atoms with van der Waals surface area (Å²) in [6.45, 7) is 25.4. The van der Waals surface area contributed by atoms with Gasteiger partial charge in [-0.15, -0.1) is 0 Å². The van der Waals surface area contributed by atoms with Gasteiger partial charge >= 0.3 is 0 Å². The lowest BCUT2D eigenvalue weighted by Gasteiger charge is -2.49. The van der Waals surface area contributed by atoms with Gasteiger partial charge in [-0.3, -0.25) is 0 Å². The Kier molecular flexibility index (Phi) is 7.96. The molecule has 2 aromatic carbocycles. The van der Waals surface area contributed by atoms with Crippen molar-refractivity contribution < 1.29 is 0 Å². The third kappa shape index (κ3) is 4.93. The maximum Gasteiger partial charge on any atom is 0.0546 e. The van der Waals surface area contributed by atoms with E-state index in [4.69, 9.17) is 0 Å². The van der Waals surface area contributed by atoms with Crippen molar-refractivity contribution in [1.29, 1.82) is 0 Å². The normalized spacial score (nSPS) is 37.2. The highest BCUT2D eigenvalue weighted by Gasteiger charge is 2.59. The Balaban J connectivity index is 1.30. The highest BCUT2D eigenvalue weighted by molar-refractivity contribution is 6.80. The summed E-state index contributed by atoms with van der Waals surface area (Å²) in [7, 11) is -1.51. The van der Waals surface area contributed by atoms with Crippen LogP contribution in [0.4, 0.5) is 0 Å². The Morgan fingerprint density at radius 3 is 1.20 bits per heavy atom. The molecule has 0 spiro atoms. The Hall–Kier alpha value is -1.34. The van der Waals surface area contributed by atoms with Gasteiger partial charge in [-0.1, -0.05) is 88.0 Å². The molecule has 0 radical (unpaired) electrons. The molecular weight excluding hydrogens is 509 g/mol. The van der Waals surface area contributed by atoms with Gasteiger partial charge in [0.25, 0.3) is 0 Å². The average molecular weight is 569 g/mol. The molecular formula is C40H60Si. The predicted octanol–water partition coefficient (Wildman–Crippen LogP) is 11.8. The number of fused-ring (bicyclic) bond motifs is 2. The summed E-state index contributed by atoms with van der Waals surface area (Å²) in [6, 6.07) is 9.88. The molecule has 10 atom stereocenters. The summed E-state index contributed by atoms with van der Waals surface area (Å²) in [4.78, 5) is 0. The molecule has 10 unspecified atom stereocenters. The smallest absolute Gasteiger partial charge is 0.0546 e. The quantitative estimate of drug-likeness (QED) is 0.322. The van der Waals surface area contributed by atoms with Crippen molar-refractivity contribution in [1.82, 2.24) is 0 Å². The van der Waals surface area contributed by atoms with Gasteiger partial charge in [0.05, 0.1) is 8.07 Å². The molecule has 4 aliphatic rings. The summed E-state index contributed by atoms with van der Waals surface area (Å²) in [5, 5.41) is 0.